The molecule has 1 fully saturated rings. The molecule has 1 saturated heterocycles. The monoisotopic (exact) mass is 298 g/mol. The second-order valence-electron chi connectivity index (χ2n) is 4.78. The van der Waals surface area contributed by atoms with Crippen LogP contribution in [0.2, 0.25) is 0 Å². The third kappa shape index (κ3) is 4.12. The zero-order valence-electron chi connectivity index (χ0n) is 11.3. The van der Waals surface area contributed by atoms with E-state index in [9.17, 15) is 13.2 Å². The highest BCUT2D eigenvalue weighted by molar-refractivity contribution is 7.91. The Morgan fingerprint density at radius 3 is 2.90 bits per heavy atom. The van der Waals surface area contributed by atoms with Crippen LogP contribution in [-0.2, 0) is 9.84 Å². The first kappa shape index (κ1) is 14.6. The van der Waals surface area contributed by atoms with Gasteiger partial charge in [0, 0.05) is 17.8 Å². The first-order chi connectivity index (χ1) is 9.48. The van der Waals surface area contributed by atoms with E-state index in [-0.39, 0.29) is 17.5 Å². The molecule has 0 spiro atoms. The summed E-state index contributed by atoms with van der Waals surface area (Å²) in [6, 6.07) is 6.24. The SMILES string of the molecule is COc1cccc(NC(=O)N[C@@H]2CCCS(=O)(=O)C2)c1. The molecule has 1 aromatic rings. The molecule has 110 valence electrons. The van der Waals surface area contributed by atoms with Crippen molar-refractivity contribution in [1.82, 2.24) is 5.32 Å². The Morgan fingerprint density at radius 1 is 1.40 bits per heavy atom. The lowest BCUT2D eigenvalue weighted by Gasteiger charge is -2.23. The molecule has 1 aromatic carbocycles. The maximum Gasteiger partial charge on any atom is 0.319 e. The zero-order valence-corrected chi connectivity index (χ0v) is 12.1. The summed E-state index contributed by atoms with van der Waals surface area (Å²) < 4.78 is 28.1. The van der Waals surface area contributed by atoms with Gasteiger partial charge in [-0.05, 0) is 25.0 Å². The summed E-state index contributed by atoms with van der Waals surface area (Å²) in [4.78, 5) is 11.8. The van der Waals surface area contributed by atoms with Gasteiger partial charge in [-0.2, -0.15) is 0 Å². The number of methoxy groups -OCH3 is 1. The van der Waals surface area contributed by atoms with Crippen LogP contribution in [0, 0.1) is 0 Å². The van der Waals surface area contributed by atoms with Crippen molar-refractivity contribution in [3.63, 3.8) is 0 Å². The molecule has 2 amide bonds. The molecular weight excluding hydrogens is 280 g/mol. The van der Waals surface area contributed by atoms with Gasteiger partial charge in [0.15, 0.2) is 9.84 Å². The van der Waals surface area contributed by atoms with E-state index in [0.29, 0.717) is 24.3 Å². The molecule has 0 unspecified atom stereocenters. The Hall–Kier alpha value is -1.76. The Balaban J connectivity index is 1.92. The highest BCUT2D eigenvalue weighted by Crippen LogP contribution is 2.17. The molecule has 0 radical (unpaired) electrons. The van der Waals surface area contributed by atoms with Crippen molar-refractivity contribution in [2.24, 2.45) is 0 Å². The van der Waals surface area contributed by atoms with E-state index in [0.717, 1.165) is 0 Å². The highest BCUT2D eigenvalue weighted by Gasteiger charge is 2.25. The predicted molar refractivity (Wildman–Crippen MR) is 76.8 cm³/mol. The van der Waals surface area contributed by atoms with E-state index in [1.807, 2.05) is 0 Å². The van der Waals surface area contributed by atoms with E-state index in [1.54, 1.807) is 31.4 Å². The molecule has 0 bridgehead atoms. The Kier molecular flexibility index (Phi) is 4.49. The van der Waals surface area contributed by atoms with Gasteiger partial charge >= 0.3 is 6.03 Å². The quantitative estimate of drug-likeness (QED) is 0.883. The predicted octanol–water partition coefficient (Wildman–Crippen LogP) is 1.39. The summed E-state index contributed by atoms with van der Waals surface area (Å²) in [5, 5.41) is 5.36. The van der Waals surface area contributed by atoms with Crippen molar-refractivity contribution in [3.8, 4) is 5.75 Å². The molecule has 1 aliphatic heterocycles. The summed E-state index contributed by atoms with van der Waals surface area (Å²) in [6.45, 7) is 0. The van der Waals surface area contributed by atoms with Crippen LogP contribution >= 0.6 is 0 Å². The number of sulfone groups is 1. The molecule has 0 saturated carbocycles. The van der Waals surface area contributed by atoms with Gasteiger partial charge in [0.1, 0.15) is 5.75 Å². The number of hydrogen-bond acceptors (Lipinski definition) is 4. The van der Waals surface area contributed by atoms with Crippen LogP contribution in [0.15, 0.2) is 24.3 Å². The smallest absolute Gasteiger partial charge is 0.319 e. The van der Waals surface area contributed by atoms with Crippen LogP contribution in [0.5, 0.6) is 5.75 Å². The van der Waals surface area contributed by atoms with Crippen molar-refractivity contribution in [2.75, 3.05) is 23.9 Å². The average Bonchev–Trinajstić information content (AvgIpc) is 2.37. The summed E-state index contributed by atoms with van der Waals surface area (Å²) in [6.07, 6.45) is 1.28. The van der Waals surface area contributed by atoms with Gasteiger partial charge in [0.2, 0.25) is 0 Å². The van der Waals surface area contributed by atoms with Crippen LogP contribution in [0.1, 0.15) is 12.8 Å². The van der Waals surface area contributed by atoms with E-state index in [2.05, 4.69) is 10.6 Å². The molecule has 0 aromatic heterocycles. The fourth-order valence-electron chi connectivity index (χ4n) is 2.19. The van der Waals surface area contributed by atoms with Crippen molar-refractivity contribution >= 4 is 21.6 Å². The lowest BCUT2D eigenvalue weighted by Crippen LogP contribution is -2.44. The summed E-state index contributed by atoms with van der Waals surface area (Å²) >= 11 is 0. The average molecular weight is 298 g/mol. The highest BCUT2D eigenvalue weighted by atomic mass is 32.2. The summed E-state index contributed by atoms with van der Waals surface area (Å²) in [7, 11) is -1.48. The van der Waals surface area contributed by atoms with Crippen LogP contribution in [0.3, 0.4) is 0 Å². The second kappa shape index (κ2) is 6.13. The van der Waals surface area contributed by atoms with Gasteiger partial charge in [0.25, 0.3) is 0 Å². The standard InChI is InChI=1S/C13H18N2O4S/c1-19-12-6-2-4-10(8-12)14-13(16)15-11-5-3-7-20(17,18)9-11/h2,4,6,8,11H,3,5,7,9H2,1H3,(H2,14,15,16)/t11-/m1/s1. The topological polar surface area (TPSA) is 84.5 Å². The van der Waals surface area contributed by atoms with Gasteiger partial charge in [-0.15, -0.1) is 0 Å². The molecule has 2 N–H and O–H groups in total. The number of amides is 2. The van der Waals surface area contributed by atoms with Crippen molar-refractivity contribution < 1.29 is 17.9 Å². The third-order valence-corrected chi connectivity index (χ3v) is 4.95. The molecule has 6 nitrogen and oxygen atoms in total. The molecule has 1 aliphatic rings. The largest absolute Gasteiger partial charge is 0.497 e. The summed E-state index contributed by atoms with van der Waals surface area (Å²) in [5.41, 5.74) is 0.598. The minimum Gasteiger partial charge on any atom is -0.497 e. The van der Waals surface area contributed by atoms with Gasteiger partial charge in [-0.1, -0.05) is 6.07 Å². The Morgan fingerprint density at radius 2 is 2.20 bits per heavy atom. The molecular formula is C13H18N2O4S. The minimum absolute atomic E-state index is 0.0124. The molecule has 7 heteroatoms. The van der Waals surface area contributed by atoms with Crippen molar-refractivity contribution in [2.45, 2.75) is 18.9 Å². The molecule has 1 atom stereocenters. The Labute approximate surface area is 118 Å². The van der Waals surface area contributed by atoms with Gasteiger partial charge in [0.05, 0.1) is 18.6 Å². The zero-order chi connectivity index (χ0) is 14.6. The van der Waals surface area contributed by atoms with E-state index >= 15 is 0 Å². The molecule has 1 heterocycles. The van der Waals surface area contributed by atoms with Gasteiger partial charge < -0.3 is 15.4 Å². The van der Waals surface area contributed by atoms with E-state index in [1.165, 1.54) is 0 Å². The van der Waals surface area contributed by atoms with Crippen LogP contribution in [0.25, 0.3) is 0 Å². The fourth-order valence-corrected chi connectivity index (χ4v) is 3.83. The van der Waals surface area contributed by atoms with Crippen molar-refractivity contribution in [1.29, 1.82) is 0 Å². The first-order valence-corrected chi connectivity index (χ1v) is 8.23. The number of ether oxygens (including phenoxy) is 1. The van der Waals surface area contributed by atoms with Crippen LogP contribution in [-0.4, -0.2) is 39.1 Å². The van der Waals surface area contributed by atoms with E-state index < -0.39 is 15.9 Å². The number of rotatable bonds is 3. The van der Waals surface area contributed by atoms with Crippen LogP contribution < -0.4 is 15.4 Å². The third-order valence-electron chi connectivity index (χ3n) is 3.13. The number of urea groups is 1. The maximum atomic E-state index is 11.8. The maximum absolute atomic E-state index is 11.8. The second-order valence-corrected chi connectivity index (χ2v) is 7.01. The fraction of sp³-hybridized carbons (Fsp3) is 0.462. The number of carbonyl (C=O) groups excluding carboxylic acids is 1. The van der Waals surface area contributed by atoms with E-state index in [4.69, 9.17) is 4.74 Å². The lowest BCUT2D eigenvalue weighted by atomic mass is 10.2. The number of carbonyl (C=O) groups is 1. The number of benzene rings is 1. The molecule has 20 heavy (non-hydrogen) atoms. The van der Waals surface area contributed by atoms with Gasteiger partial charge in [-0.3, -0.25) is 0 Å². The first-order valence-electron chi connectivity index (χ1n) is 6.40. The number of hydrogen-bond donors (Lipinski definition) is 2. The summed E-state index contributed by atoms with van der Waals surface area (Å²) in [5.74, 6) is 0.865. The van der Waals surface area contributed by atoms with Crippen LogP contribution in [0.4, 0.5) is 10.5 Å². The normalized spacial score (nSPS) is 20.9. The minimum atomic E-state index is -3.02. The van der Waals surface area contributed by atoms with Gasteiger partial charge in [-0.25, -0.2) is 13.2 Å². The lowest BCUT2D eigenvalue weighted by molar-refractivity contribution is 0.248. The van der Waals surface area contributed by atoms with Crippen molar-refractivity contribution in [3.05, 3.63) is 24.3 Å². The molecule has 0 aliphatic carbocycles. The number of nitrogens with one attached hydrogen (secondary N) is 2. The number of anilines is 1. The molecule has 2 rings (SSSR count). The Bertz CT molecular complexity index is 586.